The van der Waals surface area contributed by atoms with Gasteiger partial charge in [-0.25, -0.2) is 0 Å². The van der Waals surface area contributed by atoms with Crippen LogP contribution in [-0.2, 0) is 0 Å². The summed E-state index contributed by atoms with van der Waals surface area (Å²) in [4.78, 5) is 2.29. The van der Waals surface area contributed by atoms with E-state index in [1.54, 1.807) is 0 Å². The van der Waals surface area contributed by atoms with Gasteiger partial charge in [0.2, 0.25) is 0 Å². The van der Waals surface area contributed by atoms with Gasteiger partial charge >= 0.3 is 0 Å². The Hall–Kier alpha value is -6.38. The molecule has 48 heavy (non-hydrogen) atoms. The fraction of sp³-hybridized carbons (Fsp3) is 0. The van der Waals surface area contributed by atoms with Crippen molar-refractivity contribution in [1.29, 1.82) is 0 Å². The average molecular weight is 613 g/mol. The number of benzene rings is 7. The zero-order chi connectivity index (χ0) is 31.9. The summed E-state index contributed by atoms with van der Waals surface area (Å²) in [7, 11) is 0. The second-order valence-corrected chi connectivity index (χ2v) is 12.2. The summed E-state index contributed by atoms with van der Waals surface area (Å²) in [5.41, 5.74) is 13.2. The zero-order valence-electron chi connectivity index (χ0n) is 26.4. The quantitative estimate of drug-likeness (QED) is 0.181. The Labute approximate surface area is 280 Å². The van der Waals surface area contributed by atoms with Crippen LogP contribution in [0, 0.1) is 0 Å². The summed E-state index contributed by atoms with van der Waals surface area (Å²) >= 11 is 0. The van der Waals surface area contributed by atoms with Gasteiger partial charge in [-0.15, -0.1) is 0 Å². The molecule has 0 N–H and O–H groups in total. The minimum absolute atomic E-state index is 1.13. The topological polar surface area (TPSA) is 7.65 Å². The average Bonchev–Trinajstić information content (AvgIpc) is 3.51. The number of hydrogen-bond acceptors (Lipinski definition) is 1. The van der Waals surface area contributed by atoms with Gasteiger partial charge in [-0.2, -0.15) is 0 Å². The van der Waals surface area contributed by atoms with E-state index in [4.69, 9.17) is 0 Å². The van der Waals surface area contributed by atoms with Gasteiger partial charge in [0.05, 0.1) is 11.0 Å². The third kappa shape index (κ3) is 4.74. The molecule has 0 bridgehead atoms. The first kappa shape index (κ1) is 27.9. The number of pyridine rings is 1. The van der Waals surface area contributed by atoms with E-state index in [9.17, 15) is 0 Å². The maximum absolute atomic E-state index is 2.37. The number of rotatable bonds is 6. The molecule has 0 spiro atoms. The molecule has 0 saturated carbocycles. The van der Waals surface area contributed by atoms with Crippen LogP contribution in [-0.4, -0.2) is 4.40 Å². The first-order chi connectivity index (χ1) is 23.8. The fourth-order valence-corrected chi connectivity index (χ4v) is 7.18. The molecular weight excluding hydrogens is 581 g/mol. The van der Waals surface area contributed by atoms with Crippen LogP contribution in [0.25, 0.3) is 60.6 Å². The fourth-order valence-electron chi connectivity index (χ4n) is 7.18. The maximum Gasteiger partial charge on any atom is 0.0625 e. The Kier molecular flexibility index (Phi) is 6.84. The largest absolute Gasteiger partial charge is 0.315 e. The molecule has 0 unspecified atom stereocenters. The van der Waals surface area contributed by atoms with Crippen molar-refractivity contribution >= 4 is 44.3 Å². The van der Waals surface area contributed by atoms with Crippen LogP contribution in [0.1, 0.15) is 0 Å². The molecule has 0 amide bonds. The molecule has 7 aromatic carbocycles. The Morgan fingerprint density at radius 2 is 0.917 bits per heavy atom. The molecule has 2 nitrogen and oxygen atoms in total. The molecular formula is C46H32N2. The SMILES string of the molecule is c1ccc(-c2c3ccccc3n3ccc4cccc(-c5ccc(-c6ccc(N(c7ccccc7)c7ccccc7)cc6)cc5)c4c23)cc1. The van der Waals surface area contributed by atoms with Gasteiger partial charge in [-0.1, -0.05) is 140 Å². The van der Waals surface area contributed by atoms with Gasteiger partial charge in [0, 0.05) is 39.6 Å². The molecule has 2 aromatic heterocycles. The smallest absolute Gasteiger partial charge is 0.0625 e. The highest BCUT2D eigenvalue weighted by atomic mass is 15.1. The number of aromatic nitrogens is 1. The van der Waals surface area contributed by atoms with Crippen LogP contribution in [0.5, 0.6) is 0 Å². The second kappa shape index (κ2) is 11.8. The summed E-state index contributed by atoms with van der Waals surface area (Å²) in [5.74, 6) is 0. The van der Waals surface area contributed by atoms with Crippen molar-refractivity contribution in [3.8, 4) is 33.4 Å². The Morgan fingerprint density at radius 1 is 0.375 bits per heavy atom. The van der Waals surface area contributed by atoms with Gasteiger partial charge < -0.3 is 9.30 Å². The third-order valence-corrected chi connectivity index (χ3v) is 9.39. The van der Waals surface area contributed by atoms with Crippen LogP contribution < -0.4 is 4.90 Å². The molecule has 226 valence electrons. The highest BCUT2D eigenvalue weighted by molar-refractivity contribution is 6.18. The number of anilines is 3. The standard InChI is InChI=1S/C46H32N2/c1-4-13-36(14-5-1)45-42-20-10-11-22-43(42)47-32-31-37-15-12-21-41(44(37)46(45)47)35-25-23-33(24-26-35)34-27-29-40(30-28-34)48(38-16-6-2-7-17-38)39-18-8-3-9-19-39/h1-32H. The minimum Gasteiger partial charge on any atom is -0.315 e. The van der Waals surface area contributed by atoms with E-state index in [0.29, 0.717) is 0 Å². The van der Waals surface area contributed by atoms with Crippen molar-refractivity contribution in [2.45, 2.75) is 0 Å². The first-order valence-corrected chi connectivity index (χ1v) is 16.4. The van der Waals surface area contributed by atoms with Crippen molar-refractivity contribution < 1.29 is 0 Å². The number of fused-ring (bicyclic) bond motifs is 5. The van der Waals surface area contributed by atoms with E-state index >= 15 is 0 Å². The molecule has 2 heteroatoms. The van der Waals surface area contributed by atoms with E-state index in [1.165, 1.54) is 60.6 Å². The van der Waals surface area contributed by atoms with Gasteiger partial charge in [-0.05, 0) is 81.7 Å². The normalized spacial score (nSPS) is 11.3. The molecule has 0 aliphatic heterocycles. The monoisotopic (exact) mass is 612 g/mol. The van der Waals surface area contributed by atoms with E-state index in [-0.39, 0.29) is 0 Å². The van der Waals surface area contributed by atoms with Crippen molar-refractivity contribution in [2.24, 2.45) is 0 Å². The van der Waals surface area contributed by atoms with E-state index in [2.05, 4.69) is 204 Å². The van der Waals surface area contributed by atoms with Gasteiger partial charge in [0.1, 0.15) is 0 Å². The van der Waals surface area contributed by atoms with Gasteiger partial charge in [0.15, 0.2) is 0 Å². The number of hydrogen-bond donors (Lipinski definition) is 0. The molecule has 0 aliphatic carbocycles. The molecule has 0 fully saturated rings. The summed E-state index contributed by atoms with van der Waals surface area (Å²) in [6, 6.07) is 67.5. The van der Waals surface area contributed by atoms with Crippen molar-refractivity contribution in [1.82, 2.24) is 4.40 Å². The van der Waals surface area contributed by atoms with Crippen LogP contribution in [0.2, 0.25) is 0 Å². The highest BCUT2D eigenvalue weighted by Crippen LogP contribution is 2.42. The summed E-state index contributed by atoms with van der Waals surface area (Å²) in [6.07, 6.45) is 2.22. The van der Waals surface area contributed by atoms with E-state index in [1.807, 2.05) is 0 Å². The Balaban J connectivity index is 1.13. The predicted octanol–water partition coefficient (Wildman–Crippen LogP) is 12.7. The lowest BCUT2D eigenvalue weighted by molar-refractivity contribution is 1.27. The van der Waals surface area contributed by atoms with Crippen LogP contribution in [0.15, 0.2) is 194 Å². The lowest BCUT2D eigenvalue weighted by Gasteiger charge is -2.25. The number of para-hydroxylation sites is 3. The molecule has 0 aliphatic rings. The molecule has 9 rings (SSSR count). The van der Waals surface area contributed by atoms with Crippen LogP contribution in [0.4, 0.5) is 17.1 Å². The van der Waals surface area contributed by atoms with Crippen molar-refractivity contribution in [2.75, 3.05) is 4.90 Å². The first-order valence-electron chi connectivity index (χ1n) is 16.4. The second-order valence-electron chi connectivity index (χ2n) is 12.2. The van der Waals surface area contributed by atoms with Crippen LogP contribution in [0.3, 0.4) is 0 Å². The molecule has 0 atom stereocenters. The molecule has 9 aromatic rings. The lowest BCUT2D eigenvalue weighted by atomic mass is 9.94. The maximum atomic E-state index is 2.37. The predicted molar refractivity (Wildman–Crippen MR) is 203 cm³/mol. The van der Waals surface area contributed by atoms with E-state index in [0.717, 1.165) is 17.1 Å². The Morgan fingerprint density at radius 3 is 1.58 bits per heavy atom. The Bertz CT molecular complexity index is 2470. The molecule has 2 heterocycles. The lowest BCUT2D eigenvalue weighted by Crippen LogP contribution is -2.09. The zero-order valence-corrected chi connectivity index (χ0v) is 26.4. The van der Waals surface area contributed by atoms with Crippen molar-refractivity contribution in [3.05, 3.63) is 194 Å². The molecule has 0 saturated heterocycles. The van der Waals surface area contributed by atoms with Crippen molar-refractivity contribution in [3.63, 3.8) is 0 Å². The highest BCUT2D eigenvalue weighted by Gasteiger charge is 2.18. The summed E-state index contributed by atoms with van der Waals surface area (Å²) < 4.78 is 2.37. The minimum atomic E-state index is 1.13. The van der Waals surface area contributed by atoms with Gasteiger partial charge in [0.25, 0.3) is 0 Å². The van der Waals surface area contributed by atoms with E-state index < -0.39 is 0 Å². The van der Waals surface area contributed by atoms with Gasteiger partial charge in [-0.3, -0.25) is 0 Å². The molecule has 0 radical (unpaired) electrons. The summed E-state index contributed by atoms with van der Waals surface area (Å²) in [6.45, 7) is 0. The summed E-state index contributed by atoms with van der Waals surface area (Å²) in [5, 5.41) is 3.78. The number of nitrogens with zero attached hydrogens (tertiary/aromatic N) is 2. The third-order valence-electron chi connectivity index (χ3n) is 9.39. The van der Waals surface area contributed by atoms with Crippen LogP contribution >= 0.6 is 0 Å².